The van der Waals surface area contributed by atoms with Crippen LogP contribution in [0.4, 0.5) is 5.69 Å². The lowest BCUT2D eigenvalue weighted by Crippen LogP contribution is -2.29. The highest BCUT2D eigenvalue weighted by molar-refractivity contribution is 5.96. The molecule has 0 bridgehead atoms. The Balaban J connectivity index is 1.54. The SMILES string of the molecule is CCOC(=O)c1ccc(OC)c(NC(=O)Cc2nc3ccccc3c(=O)n2CCCOc2ccc(C)cc2C)c1. The van der Waals surface area contributed by atoms with Crippen molar-refractivity contribution in [1.82, 2.24) is 9.55 Å². The molecule has 0 saturated heterocycles. The number of aromatic nitrogens is 2. The molecule has 0 atom stereocenters. The first-order valence-electron chi connectivity index (χ1n) is 13.1. The predicted octanol–water partition coefficient (Wildman–Crippen LogP) is 4.85. The number of anilines is 1. The maximum atomic E-state index is 13.4. The van der Waals surface area contributed by atoms with E-state index in [0.29, 0.717) is 47.7 Å². The number of aryl methyl sites for hydroxylation is 2. The summed E-state index contributed by atoms with van der Waals surface area (Å²) in [6.07, 6.45) is 0.377. The van der Waals surface area contributed by atoms with Crippen molar-refractivity contribution in [3.05, 3.63) is 93.5 Å². The highest BCUT2D eigenvalue weighted by Gasteiger charge is 2.17. The Hall–Kier alpha value is -4.66. The van der Waals surface area contributed by atoms with Gasteiger partial charge in [0.25, 0.3) is 5.56 Å². The van der Waals surface area contributed by atoms with Crippen LogP contribution in [0.5, 0.6) is 11.5 Å². The fourth-order valence-corrected chi connectivity index (χ4v) is 4.43. The summed E-state index contributed by atoms with van der Waals surface area (Å²) in [5.41, 5.74) is 3.09. The van der Waals surface area contributed by atoms with Crippen LogP contribution in [0.3, 0.4) is 0 Å². The number of amides is 1. The van der Waals surface area contributed by atoms with Gasteiger partial charge in [-0.25, -0.2) is 9.78 Å². The second kappa shape index (κ2) is 12.9. The van der Waals surface area contributed by atoms with Crippen molar-refractivity contribution in [2.75, 3.05) is 25.6 Å². The van der Waals surface area contributed by atoms with Gasteiger partial charge in [-0.05, 0) is 69.2 Å². The number of nitrogens with zero attached hydrogens (tertiary/aromatic N) is 2. The van der Waals surface area contributed by atoms with E-state index < -0.39 is 11.9 Å². The minimum Gasteiger partial charge on any atom is -0.495 e. The Morgan fingerprint density at radius 1 is 1.00 bits per heavy atom. The fraction of sp³-hybridized carbons (Fsp3) is 0.290. The first-order valence-corrected chi connectivity index (χ1v) is 13.1. The third kappa shape index (κ3) is 6.66. The molecule has 1 amide bonds. The van der Waals surface area contributed by atoms with Gasteiger partial charge in [0, 0.05) is 6.54 Å². The maximum absolute atomic E-state index is 13.4. The van der Waals surface area contributed by atoms with Crippen molar-refractivity contribution >= 4 is 28.5 Å². The minimum absolute atomic E-state index is 0.162. The molecule has 208 valence electrons. The van der Waals surface area contributed by atoms with E-state index in [0.717, 1.165) is 16.9 Å². The van der Waals surface area contributed by atoms with Gasteiger partial charge in [-0.15, -0.1) is 0 Å². The summed E-state index contributed by atoms with van der Waals surface area (Å²) in [7, 11) is 1.47. The molecule has 9 nitrogen and oxygen atoms in total. The Kier molecular flexibility index (Phi) is 9.16. The largest absolute Gasteiger partial charge is 0.495 e. The molecule has 4 rings (SSSR count). The Bertz CT molecular complexity index is 1590. The van der Waals surface area contributed by atoms with Crippen molar-refractivity contribution in [3.8, 4) is 11.5 Å². The molecule has 0 aliphatic rings. The van der Waals surface area contributed by atoms with Crippen molar-refractivity contribution in [2.45, 2.75) is 40.2 Å². The van der Waals surface area contributed by atoms with Crippen LogP contribution in [0.1, 0.15) is 40.7 Å². The van der Waals surface area contributed by atoms with E-state index >= 15 is 0 Å². The number of methoxy groups -OCH3 is 1. The van der Waals surface area contributed by atoms with Gasteiger partial charge in [0.15, 0.2) is 0 Å². The minimum atomic E-state index is -0.506. The Morgan fingerprint density at radius 2 is 1.77 bits per heavy atom. The molecule has 0 saturated carbocycles. The highest BCUT2D eigenvalue weighted by atomic mass is 16.5. The Labute approximate surface area is 232 Å². The molecule has 3 aromatic carbocycles. The summed E-state index contributed by atoms with van der Waals surface area (Å²) in [5.74, 6) is 0.589. The average Bonchev–Trinajstić information content (AvgIpc) is 2.93. The van der Waals surface area contributed by atoms with Gasteiger partial charge in [0.1, 0.15) is 17.3 Å². The number of hydrogen-bond acceptors (Lipinski definition) is 7. The average molecular weight is 544 g/mol. The van der Waals surface area contributed by atoms with Crippen LogP contribution >= 0.6 is 0 Å². The molecule has 4 aromatic rings. The molecule has 1 aromatic heterocycles. The van der Waals surface area contributed by atoms with Crippen LogP contribution in [0.15, 0.2) is 65.5 Å². The number of benzene rings is 3. The molecule has 0 spiro atoms. The van der Waals surface area contributed by atoms with Gasteiger partial charge in [0.05, 0.1) is 48.9 Å². The lowest BCUT2D eigenvalue weighted by Gasteiger charge is -2.15. The van der Waals surface area contributed by atoms with Crippen LogP contribution in [-0.4, -0.2) is 41.8 Å². The number of hydrogen-bond donors (Lipinski definition) is 1. The van der Waals surface area contributed by atoms with E-state index in [4.69, 9.17) is 14.2 Å². The third-order valence-corrected chi connectivity index (χ3v) is 6.36. The topological polar surface area (TPSA) is 109 Å². The van der Waals surface area contributed by atoms with Gasteiger partial charge >= 0.3 is 5.97 Å². The van der Waals surface area contributed by atoms with E-state index in [1.807, 2.05) is 26.0 Å². The van der Waals surface area contributed by atoms with Crippen LogP contribution in [-0.2, 0) is 22.5 Å². The summed E-state index contributed by atoms with van der Waals surface area (Å²) in [6.45, 7) is 6.69. The van der Waals surface area contributed by atoms with Crippen LogP contribution in [0, 0.1) is 13.8 Å². The summed E-state index contributed by atoms with van der Waals surface area (Å²) in [5, 5.41) is 3.27. The molecule has 1 N–H and O–H groups in total. The lowest BCUT2D eigenvalue weighted by molar-refractivity contribution is -0.115. The normalized spacial score (nSPS) is 10.8. The molecule has 1 heterocycles. The van der Waals surface area contributed by atoms with E-state index in [9.17, 15) is 14.4 Å². The highest BCUT2D eigenvalue weighted by Crippen LogP contribution is 2.26. The van der Waals surface area contributed by atoms with Crippen molar-refractivity contribution in [1.29, 1.82) is 0 Å². The predicted molar refractivity (Wildman–Crippen MR) is 153 cm³/mol. The number of para-hydroxylation sites is 1. The Morgan fingerprint density at radius 3 is 2.52 bits per heavy atom. The van der Waals surface area contributed by atoms with Gasteiger partial charge in [-0.2, -0.15) is 0 Å². The molecule has 9 heteroatoms. The zero-order chi connectivity index (χ0) is 28.6. The van der Waals surface area contributed by atoms with Gasteiger partial charge in [-0.1, -0.05) is 29.8 Å². The second-order valence-corrected chi connectivity index (χ2v) is 9.33. The summed E-state index contributed by atoms with van der Waals surface area (Å²) in [6, 6.07) is 17.7. The number of rotatable bonds is 11. The van der Waals surface area contributed by atoms with Crippen molar-refractivity contribution in [3.63, 3.8) is 0 Å². The zero-order valence-corrected chi connectivity index (χ0v) is 23.2. The quantitative estimate of drug-likeness (QED) is 0.213. The smallest absolute Gasteiger partial charge is 0.338 e. The molecule has 0 unspecified atom stereocenters. The van der Waals surface area contributed by atoms with Crippen LogP contribution in [0.25, 0.3) is 10.9 Å². The first kappa shape index (κ1) is 28.4. The summed E-state index contributed by atoms with van der Waals surface area (Å²) in [4.78, 5) is 43.4. The van der Waals surface area contributed by atoms with E-state index in [1.54, 1.807) is 43.3 Å². The molecule has 0 aliphatic carbocycles. The van der Waals surface area contributed by atoms with Crippen molar-refractivity contribution < 1.29 is 23.8 Å². The number of nitrogens with one attached hydrogen (secondary N) is 1. The van der Waals surface area contributed by atoms with Crippen molar-refractivity contribution in [2.24, 2.45) is 0 Å². The zero-order valence-electron chi connectivity index (χ0n) is 23.2. The van der Waals surface area contributed by atoms with Gasteiger partial charge in [0.2, 0.25) is 5.91 Å². The number of carbonyl (C=O) groups is 2. The lowest BCUT2D eigenvalue weighted by atomic mass is 10.1. The second-order valence-electron chi connectivity index (χ2n) is 9.33. The molecule has 0 radical (unpaired) electrons. The van der Waals surface area contributed by atoms with E-state index in [1.165, 1.54) is 17.7 Å². The monoisotopic (exact) mass is 543 g/mol. The fourth-order valence-electron chi connectivity index (χ4n) is 4.43. The molecular formula is C31H33N3O6. The number of ether oxygens (including phenoxy) is 3. The van der Waals surface area contributed by atoms with Crippen LogP contribution < -0.4 is 20.3 Å². The summed E-state index contributed by atoms with van der Waals surface area (Å²) < 4.78 is 17.9. The van der Waals surface area contributed by atoms with E-state index in [-0.39, 0.29) is 24.2 Å². The third-order valence-electron chi connectivity index (χ3n) is 6.36. The molecule has 0 fully saturated rings. The van der Waals surface area contributed by atoms with Gasteiger partial charge in [-0.3, -0.25) is 14.2 Å². The number of carbonyl (C=O) groups excluding carboxylic acids is 2. The molecular weight excluding hydrogens is 510 g/mol. The van der Waals surface area contributed by atoms with E-state index in [2.05, 4.69) is 16.4 Å². The molecule has 40 heavy (non-hydrogen) atoms. The standard InChI is InChI=1S/C31H33N3O6/c1-5-39-31(37)22-12-14-27(38-4)25(18-22)33-29(35)19-28-32-24-10-7-6-9-23(24)30(36)34(28)15-8-16-40-26-13-11-20(2)17-21(26)3/h6-7,9-14,17-18H,5,8,15-16,19H2,1-4H3,(H,33,35). The number of fused-ring (bicyclic) bond motifs is 1. The summed E-state index contributed by atoms with van der Waals surface area (Å²) >= 11 is 0. The first-order chi connectivity index (χ1) is 19.3. The molecule has 0 aliphatic heterocycles. The number of esters is 1. The maximum Gasteiger partial charge on any atom is 0.338 e. The van der Waals surface area contributed by atoms with Crippen LogP contribution in [0.2, 0.25) is 0 Å². The van der Waals surface area contributed by atoms with Gasteiger partial charge < -0.3 is 19.5 Å².